The summed E-state index contributed by atoms with van der Waals surface area (Å²) < 4.78 is 50.0. The number of rotatable bonds is 6. The number of aliphatic hydroxyl groups excluding tert-OH is 1. The summed E-state index contributed by atoms with van der Waals surface area (Å²) in [5, 5.41) is 9.38. The third-order valence-corrected chi connectivity index (χ3v) is 6.96. The van der Waals surface area contributed by atoms with E-state index in [-0.39, 0.29) is 11.7 Å². The molecule has 3 aromatic rings. The van der Waals surface area contributed by atoms with Crippen LogP contribution in [0.4, 0.5) is 18.9 Å². The van der Waals surface area contributed by atoms with Gasteiger partial charge in [-0.05, 0) is 50.2 Å². The zero-order valence-corrected chi connectivity index (χ0v) is 19.8. The molecule has 0 spiro atoms. The fraction of sp³-hybridized carbons (Fsp3) is 0.500. The standard InChI is InChI=1S/C26H29F3N4O3/c27-26(28,29)25(34)18-3-4-19(32-16-18)13-17-1-5-21(6-2-17)36-23-15-20(33-9-11-35-12-10-33)14-22-24(23)31-8-7-30-22/h3-4,7-8,14-17,21,25,34H,1-2,5-6,9-13H2. The average molecular weight is 503 g/mol. The second-order valence-electron chi connectivity index (χ2n) is 9.46. The summed E-state index contributed by atoms with van der Waals surface area (Å²) in [6, 6.07) is 6.98. The normalized spacial score (nSPS) is 21.9. The molecule has 7 nitrogen and oxygen atoms in total. The van der Waals surface area contributed by atoms with Gasteiger partial charge in [0.05, 0.1) is 24.8 Å². The van der Waals surface area contributed by atoms with Crippen LogP contribution in [0.1, 0.15) is 43.0 Å². The molecule has 2 aromatic heterocycles. The predicted molar refractivity (Wildman–Crippen MR) is 128 cm³/mol. The lowest BCUT2D eigenvalue weighted by Crippen LogP contribution is -2.36. The molecule has 0 amide bonds. The SMILES string of the molecule is OC(c1ccc(CC2CCC(Oc3cc(N4CCOCC4)cc4nccnc34)CC2)nc1)C(F)(F)F. The first-order valence-corrected chi connectivity index (χ1v) is 12.3. The summed E-state index contributed by atoms with van der Waals surface area (Å²) in [6.45, 7) is 3.03. The highest BCUT2D eigenvalue weighted by Gasteiger charge is 2.39. The Bertz CT molecular complexity index is 1160. The van der Waals surface area contributed by atoms with Crippen LogP contribution in [0.3, 0.4) is 0 Å². The van der Waals surface area contributed by atoms with Crippen molar-refractivity contribution in [2.75, 3.05) is 31.2 Å². The Morgan fingerprint density at radius 3 is 2.47 bits per heavy atom. The minimum atomic E-state index is -4.69. The van der Waals surface area contributed by atoms with E-state index in [1.807, 2.05) is 6.07 Å². The molecule has 5 rings (SSSR count). The van der Waals surface area contributed by atoms with Crippen molar-refractivity contribution >= 4 is 16.7 Å². The monoisotopic (exact) mass is 502 g/mol. The zero-order valence-electron chi connectivity index (χ0n) is 19.8. The van der Waals surface area contributed by atoms with Gasteiger partial charge in [0.1, 0.15) is 11.3 Å². The van der Waals surface area contributed by atoms with Gasteiger partial charge in [-0.2, -0.15) is 13.2 Å². The van der Waals surface area contributed by atoms with Crippen molar-refractivity contribution in [3.8, 4) is 5.75 Å². The lowest BCUT2D eigenvalue weighted by molar-refractivity contribution is -0.206. The highest BCUT2D eigenvalue weighted by molar-refractivity contribution is 5.85. The van der Waals surface area contributed by atoms with Crippen LogP contribution in [0, 0.1) is 5.92 Å². The predicted octanol–water partition coefficient (Wildman–Crippen LogP) is 4.64. The Kier molecular flexibility index (Phi) is 7.25. The van der Waals surface area contributed by atoms with Crippen molar-refractivity contribution in [2.45, 2.75) is 50.5 Å². The van der Waals surface area contributed by atoms with E-state index in [2.05, 4.69) is 25.9 Å². The molecule has 3 heterocycles. The van der Waals surface area contributed by atoms with Crippen molar-refractivity contribution in [3.05, 3.63) is 54.1 Å². The Labute approximate surface area is 207 Å². The molecular weight excluding hydrogens is 473 g/mol. The summed E-state index contributed by atoms with van der Waals surface area (Å²) in [6.07, 6.45) is 1.65. The molecule has 2 fully saturated rings. The molecular formula is C26H29F3N4O3. The third kappa shape index (κ3) is 5.70. The van der Waals surface area contributed by atoms with E-state index < -0.39 is 12.3 Å². The van der Waals surface area contributed by atoms with Gasteiger partial charge in [-0.1, -0.05) is 6.07 Å². The smallest absolute Gasteiger partial charge is 0.418 e. The van der Waals surface area contributed by atoms with E-state index in [1.165, 1.54) is 6.07 Å². The Balaban J connectivity index is 1.21. The fourth-order valence-corrected chi connectivity index (χ4v) is 4.96. The number of anilines is 1. The van der Waals surface area contributed by atoms with Gasteiger partial charge in [0.25, 0.3) is 0 Å². The number of aromatic nitrogens is 3. The van der Waals surface area contributed by atoms with Gasteiger partial charge in [0.15, 0.2) is 6.10 Å². The number of nitrogens with zero attached hydrogens (tertiary/aromatic N) is 4. The van der Waals surface area contributed by atoms with E-state index in [1.54, 1.807) is 18.5 Å². The number of fused-ring (bicyclic) bond motifs is 1. The number of hydrogen-bond acceptors (Lipinski definition) is 7. The molecule has 10 heteroatoms. The zero-order chi connectivity index (χ0) is 25.1. The molecule has 0 bridgehead atoms. The molecule has 1 aromatic carbocycles. The molecule has 1 unspecified atom stereocenters. The van der Waals surface area contributed by atoms with Gasteiger partial charge in [-0.15, -0.1) is 0 Å². The third-order valence-electron chi connectivity index (χ3n) is 6.96. The minimum absolute atomic E-state index is 0.0589. The van der Waals surface area contributed by atoms with E-state index in [9.17, 15) is 18.3 Å². The second-order valence-corrected chi connectivity index (χ2v) is 9.46. The topological polar surface area (TPSA) is 80.6 Å². The number of benzene rings is 1. The first kappa shape index (κ1) is 24.7. The van der Waals surface area contributed by atoms with Crippen LogP contribution in [0.5, 0.6) is 5.75 Å². The summed E-state index contributed by atoms with van der Waals surface area (Å²) in [4.78, 5) is 15.4. The quantitative estimate of drug-likeness (QED) is 0.526. The maximum Gasteiger partial charge on any atom is 0.418 e. The largest absolute Gasteiger partial charge is 0.488 e. The molecule has 1 saturated heterocycles. The lowest BCUT2D eigenvalue weighted by Gasteiger charge is -2.31. The van der Waals surface area contributed by atoms with Crippen molar-refractivity contribution in [2.24, 2.45) is 5.92 Å². The van der Waals surface area contributed by atoms with Crippen LogP contribution in [0.15, 0.2) is 42.9 Å². The molecule has 1 atom stereocenters. The van der Waals surface area contributed by atoms with Crippen molar-refractivity contribution in [1.29, 1.82) is 0 Å². The van der Waals surface area contributed by atoms with Gasteiger partial charge >= 0.3 is 6.18 Å². The summed E-state index contributed by atoms with van der Waals surface area (Å²) in [5.41, 5.74) is 3.10. The summed E-state index contributed by atoms with van der Waals surface area (Å²) in [5.74, 6) is 1.12. The second kappa shape index (κ2) is 10.6. The number of ether oxygens (including phenoxy) is 2. The molecule has 1 aliphatic heterocycles. The number of hydrogen-bond donors (Lipinski definition) is 1. The maximum absolute atomic E-state index is 12.7. The fourth-order valence-electron chi connectivity index (χ4n) is 4.96. The minimum Gasteiger partial charge on any atom is -0.488 e. The molecule has 1 aliphatic carbocycles. The summed E-state index contributed by atoms with van der Waals surface area (Å²) in [7, 11) is 0. The Morgan fingerprint density at radius 1 is 1.03 bits per heavy atom. The summed E-state index contributed by atoms with van der Waals surface area (Å²) >= 11 is 0. The van der Waals surface area contributed by atoms with E-state index in [4.69, 9.17) is 9.47 Å². The first-order valence-electron chi connectivity index (χ1n) is 12.3. The first-order chi connectivity index (χ1) is 17.4. The Morgan fingerprint density at radius 2 is 1.78 bits per heavy atom. The van der Waals surface area contributed by atoms with Crippen LogP contribution < -0.4 is 9.64 Å². The molecule has 192 valence electrons. The van der Waals surface area contributed by atoms with Gasteiger partial charge in [-0.25, -0.2) is 4.98 Å². The molecule has 1 saturated carbocycles. The van der Waals surface area contributed by atoms with Gasteiger partial charge in [-0.3, -0.25) is 9.97 Å². The number of morpholine rings is 1. The van der Waals surface area contributed by atoms with E-state index in [0.717, 1.165) is 73.1 Å². The van der Waals surface area contributed by atoms with Crippen molar-refractivity contribution in [3.63, 3.8) is 0 Å². The molecule has 36 heavy (non-hydrogen) atoms. The number of alkyl halides is 3. The maximum atomic E-state index is 12.7. The molecule has 1 N–H and O–H groups in total. The Hall–Kier alpha value is -2.98. The average Bonchev–Trinajstić information content (AvgIpc) is 2.90. The van der Waals surface area contributed by atoms with Crippen molar-refractivity contribution < 1.29 is 27.8 Å². The van der Waals surface area contributed by atoms with Crippen LogP contribution in [-0.4, -0.2) is 58.6 Å². The number of aliphatic hydroxyl groups is 1. The van der Waals surface area contributed by atoms with Gasteiger partial charge in [0.2, 0.25) is 0 Å². The molecule has 2 aliphatic rings. The highest BCUT2D eigenvalue weighted by Crippen LogP contribution is 2.35. The van der Waals surface area contributed by atoms with Crippen LogP contribution in [0.25, 0.3) is 11.0 Å². The van der Waals surface area contributed by atoms with Crippen LogP contribution in [-0.2, 0) is 11.2 Å². The van der Waals surface area contributed by atoms with Gasteiger partial charge in [0, 0.05) is 54.7 Å². The number of pyridine rings is 1. The molecule has 0 radical (unpaired) electrons. The van der Waals surface area contributed by atoms with Crippen LogP contribution >= 0.6 is 0 Å². The van der Waals surface area contributed by atoms with E-state index >= 15 is 0 Å². The number of halogens is 3. The van der Waals surface area contributed by atoms with E-state index in [0.29, 0.717) is 25.6 Å². The highest BCUT2D eigenvalue weighted by atomic mass is 19.4. The van der Waals surface area contributed by atoms with Crippen LogP contribution in [0.2, 0.25) is 0 Å². The van der Waals surface area contributed by atoms with Crippen molar-refractivity contribution in [1.82, 2.24) is 15.0 Å². The van der Waals surface area contributed by atoms with Gasteiger partial charge < -0.3 is 19.5 Å². The lowest BCUT2D eigenvalue weighted by atomic mass is 9.84.